The summed E-state index contributed by atoms with van der Waals surface area (Å²) >= 11 is 0. The summed E-state index contributed by atoms with van der Waals surface area (Å²) in [5, 5.41) is 0. The van der Waals surface area contributed by atoms with Gasteiger partial charge in [0.2, 0.25) is 0 Å². The molecule has 0 aliphatic carbocycles. The molecule has 0 amide bonds. The molecular weight excluding hydrogens is 428 g/mol. The zero-order valence-electron chi connectivity index (χ0n) is 20.4. The summed E-state index contributed by atoms with van der Waals surface area (Å²) in [7, 11) is 7.52. The maximum atomic E-state index is 10.2. The summed E-state index contributed by atoms with van der Waals surface area (Å²) in [6.45, 7) is 5.35. The van der Waals surface area contributed by atoms with E-state index >= 15 is 0 Å². The molecular formula is C21H42O11. The first-order valence-electron chi connectivity index (χ1n) is 9.90. The zero-order chi connectivity index (χ0) is 25.7. The molecule has 0 aromatic heterocycles. The van der Waals surface area contributed by atoms with E-state index in [1.165, 1.54) is 27.1 Å². The van der Waals surface area contributed by atoms with Crippen LogP contribution in [-0.2, 0) is 52.4 Å². The van der Waals surface area contributed by atoms with Crippen molar-refractivity contribution in [1.82, 2.24) is 0 Å². The van der Waals surface area contributed by atoms with Crippen LogP contribution in [0.2, 0.25) is 0 Å². The van der Waals surface area contributed by atoms with Crippen LogP contribution in [0.25, 0.3) is 0 Å². The van der Waals surface area contributed by atoms with Crippen LogP contribution < -0.4 is 0 Å². The molecule has 0 unspecified atom stereocenters. The van der Waals surface area contributed by atoms with Crippen molar-refractivity contribution < 1.29 is 52.4 Å². The van der Waals surface area contributed by atoms with Crippen molar-refractivity contribution >= 4 is 31.5 Å². The molecule has 0 fully saturated rings. The average Bonchev–Trinajstić information content (AvgIpc) is 2.83. The maximum absolute atomic E-state index is 10.2. The lowest BCUT2D eigenvalue weighted by atomic mass is 10.3. The highest BCUT2D eigenvalue weighted by atomic mass is 16.5. The topological polar surface area (TPSA) is 141 Å². The molecule has 0 aliphatic heterocycles. The van der Waals surface area contributed by atoms with E-state index < -0.39 is 0 Å². The van der Waals surface area contributed by atoms with Gasteiger partial charge in [-0.05, 0) is 12.8 Å². The lowest BCUT2D eigenvalue weighted by Crippen LogP contribution is -1.99. The van der Waals surface area contributed by atoms with Crippen LogP contribution in [-0.4, -0.2) is 93.5 Å². The Morgan fingerprint density at radius 1 is 0.688 bits per heavy atom. The van der Waals surface area contributed by atoms with Gasteiger partial charge in [-0.25, -0.2) is 0 Å². The van der Waals surface area contributed by atoms with Crippen molar-refractivity contribution in [3.05, 3.63) is 0 Å². The Bertz CT molecular complexity index is 346. The number of carbonyl (C=O) groups is 5. The number of hydrogen-bond donors (Lipinski definition) is 0. The number of carbonyl (C=O) groups excluding carboxylic acids is 5. The number of unbranched alkanes of at least 4 members (excludes halogenated alkanes) is 2. The van der Waals surface area contributed by atoms with Gasteiger partial charge >= 0.3 is 5.97 Å². The lowest BCUT2D eigenvalue weighted by Gasteiger charge is -1.92. The molecule has 0 heterocycles. The summed E-state index contributed by atoms with van der Waals surface area (Å²) in [6, 6.07) is 0. The Hall–Kier alpha value is -2.37. The Balaban J connectivity index is -0.0000000964. The van der Waals surface area contributed by atoms with Gasteiger partial charge in [-0.3, -0.25) is 14.4 Å². The largest absolute Gasteiger partial charge is 0.471 e. The van der Waals surface area contributed by atoms with E-state index in [1.54, 1.807) is 21.3 Å². The fourth-order valence-electron chi connectivity index (χ4n) is 1.06. The fourth-order valence-corrected chi connectivity index (χ4v) is 1.06. The summed E-state index contributed by atoms with van der Waals surface area (Å²) in [6.07, 6.45) is 5.93. The molecule has 192 valence electrons. The number of hydrogen-bond acceptors (Lipinski definition) is 11. The summed E-state index contributed by atoms with van der Waals surface area (Å²) in [5.41, 5.74) is 0. The summed E-state index contributed by atoms with van der Waals surface area (Å²) in [4.78, 5) is 47.8. The van der Waals surface area contributed by atoms with Gasteiger partial charge in [0, 0.05) is 47.4 Å². The number of ether oxygens (including phenoxy) is 6. The second-order valence-corrected chi connectivity index (χ2v) is 5.22. The van der Waals surface area contributed by atoms with E-state index in [-0.39, 0.29) is 18.8 Å². The van der Waals surface area contributed by atoms with Crippen LogP contribution >= 0.6 is 0 Å². The van der Waals surface area contributed by atoms with Gasteiger partial charge in [-0.15, -0.1) is 0 Å². The number of aldehydes is 2. The first kappa shape index (κ1) is 40.0. The second-order valence-electron chi connectivity index (χ2n) is 5.22. The monoisotopic (exact) mass is 470 g/mol. The number of methoxy groups -OCH3 is 5. The van der Waals surface area contributed by atoms with E-state index in [2.05, 4.69) is 30.6 Å². The Labute approximate surface area is 192 Å². The smallest absolute Gasteiger partial charge is 0.305 e. The van der Waals surface area contributed by atoms with Crippen LogP contribution in [0.1, 0.15) is 45.4 Å². The molecule has 32 heavy (non-hydrogen) atoms. The molecule has 0 saturated heterocycles. The van der Waals surface area contributed by atoms with E-state index in [0.29, 0.717) is 45.5 Å². The van der Waals surface area contributed by atoms with E-state index in [1.807, 2.05) is 0 Å². The molecule has 0 saturated carbocycles. The average molecular weight is 471 g/mol. The highest BCUT2D eigenvalue weighted by Gasteiger charge is 1.95. The van der Waals surface area contributed by atoms with E-state index in [0.717, 1.165) is 19.3 Å². The molecule has 0 bridgehead atoms. The first-order chi connectivity index (χ1) is 15.5. The second kappa shape index (κ2) is 51.4. The molecule has 0 aromatic rings. The standard InChI is InChI=1S/C5H8O3.C5H10O2.C5H12O.C4H8O3.C2H4O2/c1-8-5(7)3-2-4-6;1-7-5-3-2-4-6;1-3-4-5-6-2;1-6-2-3-7-4-5;1-4-2-3/h4H,2-3H2,1H3;4H,2-3,5H2,1H3;3-5H2,1-2H3;4H,2-3H2,1H3;2H,1H3. The van der Waals surface area contributed by atoms with Gasteiger partial charge in [0.15, 0.2) is 0 Å². The highest BCUT2D eigenvalue weighted by molar-refractivity contribution is 5.72. The molecule has 0 spiro atoms. The fraction of sp³-hybridized carbons (Fsp3) is 0.762. The van der Waals surface area contributed by atoms with Gasteiger partial charge in [0.25, 0.3) is 12.9 Å². The van der Waals surface area contributed by atoms with Gasteiger partial charge in [-0.1, -0.05) is 13.3 Å². The van der Waals surface area contributed by atoms with Gasteiger partial charge < -0.3 is 38.0 Å². The minimum atomic E-state index is -0.336. The molecule has 11 nitrogen and oxygen atoms in total. The zero-order valence-corrected chi connectivity index (χ0v) is 20.4. The molecule has 0 rings (SSSR count). The minimum absolute atomic E-state index is 0.194. The van der Waals surface area contributed by atoms with E-state index in [4.69, 9.17) is 9.53 Å². The third-order valence-corrected chi connectivity index (χ3v) is 2.64. The normalized spacial score (nSPS) is 8.06. The van der Waals surface area contributed by atoms with Crippen LogP contribution in [0.5, 0.6) is 0 Å². The molecule has 11 heteroatoms. The molecule has 0 aromatic carbocycles. The van der Waals surface area contributed by atoms with Crippen molar-refractivity contribution in [2.75, 3.05) is 62.0 Å². The van der Waals surface area contributed by atoms with Crippen LogP contribution in [0.15, 0.2) is 0 Å². The van der Waals surface area contributed by atoms with Crippen molar-refractivity contribution in [3.63, 3.8) is 0 Å². The number of rotatable bonds is 15. The first-order valence-corrected chi connectivity index (χ1v) is 9.90. The van der Waals surface area contributed by atoms with Gasteiger partial charge in [-0.2, -0.15) is 0 Å². The number of esters is 1. The molecule has 0 N–H and O–H groups in total. The minimum Gasteiger partial charge on any atom is -0.471 e. The van der Waals surface area contributed by atoms with Gasteiger partial charge in [0.1, 0.15) is 19.2 Å². The summed E-state index contributed by atoms with van der Waals surface area (Å²) in [5.74, 6) is -0.336. The third kappa shape index (κ3) is 80.2. The Kier molecular flexibility index (Phi) is 64.3. The predicted molar refractivity (Wildman–Crippen MR) is 118 cm³/mol. The van der Waals surface area contributed by atoms with Crippen LogP contribution in [0.4, 0.5) is 0 Å². The SMILES string of the molecule is CCCCOC.COC(=O)CCC=O.COC=O.COCCCC=O.COCCOC=O. The predicted octanol–water partition coefficient (Wildman–Crippen LogP) is 1.78. The van der Waals surface area contributed by atoms with Gasteiger partial charge in [0.05, 0.1) is 27.2 Å². The van der Waals surface area contributed by atoms with Crippen molar-refractivity contribution in [2.24, 2.45) is 0 Å². The van der Waals surface area contributed by atoms with E-state index in [9.17, 15) is 19.2 Å². The van der Waals surface area contributed by atoms with Crippen molar-refractivity contribution in [1.29, 1.82) is 0 Å². The summed E-state index contributed by atoms with van der Waals surface area (Å²) < 4.78 is 26.4. The Morgan fingerprint density at radius 2 is 1.19 bits per heavy atom. The van der Waals surface area contributed by atoms with Crippen molar-refractivity contribution in [3.8, 4) is 0 Å². The molecule has 0 aliphatic rings. The van der Waals surface area contributed by atoms with Crippen LogP contribution in [0.3, 0.4) is 0 Å². The highest BCUT2D eigenvalue weighted by Crippen LogP contribution is 1.85. The lowest BCUT2D eigenvalue weighted by molar-refractivity contribution is -0.141. The quantitative estimate of drug-likeness (QED) is 0.150. The molecule has 0 atom stereocenters. The maximum Gasteiger partial charge on any atom is 0.305 e. The van der Waals surface area contributed by atoms with Crippen molar-refractivity contribution in [2.45, 2.75) is 45.4 Å². The van der Waals surface area contributed by atoms with Crippen LogP contribution in [0, 0.1) is 0 Å². The Morgan fingerprint density at radius 3 is 1.50 bits per heavy atom. The third-order valence-electron chi connectivity index (χ3n) is 2.64. The molecule has 0 radical (unpaired) electrons.